The van der Waals surface area contributed by atoms with Gasteiger partial charge in [0.05, 0.1) is 26.2 Å². The Morgan fingerprint density at radius 3 is 2.41 bits per heavy atom. The molecule has 0 N–H and O–H groups in total. The van der Waals surface area contributed by atoms with Gasteiger partial charge in [0.25, 0.3) is 0 Å². The Bertz CT molecular complexity index is 742. The predicted molar refractivity (Wildman–Crippen MR) is 115 cm³/mol. The van der Waals surface area contributed by atoms with E-state index in [2.05, 4.69) is 24.0 Å². The van der Waals surface area contributed by atoms with E-state index in [1.54, 1.807) is 0 Å². The number of carbonyl (C=O) groups is 1. The number of hydrogen-bond acceptors (Lipinski definition) is 4. The van der Waals surface area contributed by atoms with Crippen molar-refractivity contribution in [1.82, 2.24) is 9.80 Å². The van der Waals surface area contributed by atoms with E-state index in [1.807, 2.05) is 54.3 Å². The molecule has 1 aliphatic heterocycles. The van der Waals surface area contributed by atoms with E-state index in [0.717, 1.165) is 49.7 Å². The van der Waals surface area contributed by atoms with Gasteiger partial charge < -0.3 is 14.4 Å². The zero-order valence-electron chi connectivity index (χ0n) is 17.5. The highest BCUT2D eigenvalue weighted by molar-refractivity contribution is 5.79. The van der Waals surface area contributed by atoms with Crippen molar-refractivity contribution in [1.29, 1.82) is 0 Å². The number of hydrogen-bond donors (Lipinski definition) is 0. The molecule has 2 aromatic carbocycles. The first-order chi connectivity index (χ1) is 14.2. The SMILES string of the molecule is CCOc1ccc(CC(=O)N(Cc2ccccc2)C(C)CN2CCOCC2)cc1. The molecule has 0 spiro atoms. The molecule has 0 aromatic heterocycles. The summed E-state index contributed by atoms with van der Waals surface area (Å²) in [7, 11) is 0. The zero-order chi connectivity index (χ0) is 20.5. The summed E-state index contributed by atoms with van der Waals surface area (Å²) < 4.78 is 11.0. The molecular weight excluding hydrogens is 364 g/mol. The number of carbonyl (C=O) groups excluding carboxylic acids is 1. The predicted octanol–water partition coefficient (Wildman–Crippen LogP) is 3.38. The van der Waals surface area contributed by atoms with Crippen LogP contribution in [0, 0.1) is 0 Å². The molecule has 3 rings (SSSR count). The van der Waals surface area contributed by atoms with Crippen molar-refractivity contribution in [2.45, 2.75) is 32.9 Å². The summed E-state index contributed by atoms with van der Waals surface area (Å²) in [5, 5.41) is 0. The third kappa shape index (κ3) is 6.58. The van der Waals surface area contributed by atoms with Crippen LogP contribution in [0.5, 0.6) is 5.75 Å². The van der Waals surface area contributed by atoms with Crippen molar-refractivity contribution in [2.75, 3.05) is 39.5 Å². The average Bonchev–Trinajstić information content (AvgIpc) is 2.75. The lowest BCUT2D eigenvalue weighted by Crippen LogP contribution is -2.48. The highest BCUT2D eigenvalue weighted by atomic mass is 16.5. The minimum Gasteiger partial charge on any atom is -0.494 e. The van der Waals surface area contributed by atoms with Crippen LogP contribution in [0.3, 0.4) is 0 Å². The summed E-state index contributed by atoms with van der Waals surface area (Å²) in [5.41, 5.74) is 2.16. The van der Waals surface area contributed by atoms with Crippen LogP contribution in [0.4, 0.5) is 0 Å². The van der Waals surface area contributed by atoms with Gasteiger partial charge in [-0.05, 0) is 37.1 Å². The van der Waals surface area contributed by atoms with Crippen molar-refractivity contribution in [3.05, 3.63) is 65.7 Å². The van der Waals surface area contributed by atoms with Gasteiger partial charge in [0, 0.05) is 32.2 Å². The van der Waals surface area contributed by atoms with E-state index in [-0.39, 0.29) is 11.9 Å². The molecule has 0 bridgehead atoms. The highest BCUT2D eigenvalue weighted by Crippen LogP contribution is 2.16. The van der Waals surface area contributed by atoms with Gasteiger partial charge in [0.15, 0.2) is 0 Å². The van der Waals surface area contributed by atoms with E-state index >= 15 is 0 Å². The van der Waals surface area contributed by atoms with E-state index < -0.39 is 0 Å². The number of nitrogens with zero attached hydrogens (tertiary/aromatic N) is 2. The molecule has 0 saturated carbocycles. The Hall–Kier alpha value is -2.37. The molecule has 156 valence electrons. The minimum absolute atomic E-state index is 0.128. The summed E-state index contributed by atoms with van der Waals surface area (Å²) in [6.07, 6.45) is 0.396. The summed E-state index contributed by atoms with van der Waals surface area (Å²) in [4.78, 5) is 17.7. The quantitative estimate of drug-likeness (QED) is 0.652. The Labute approximate surface area is 174 Å². The molecule has 1 amide bonds. The van der Waals surface area contributed by atoms with Gasteiger partial charge in [0.1, 0.15) is 5.75 Å². The van der Waals surface area contributed by atoms with Crippen LogP contribution in [0.15, 0.2) is 54.6 Å². The van der Waals surface area contributed by atoms with Crippen LogP contribution in [-0.2, 0) is 22.5 Å². The fourth-order valence-electron chi connectivity index (χ4n) is 3.67. The smallest absolute Gasteiger partial charge is 0.227 e. The van der Waals surface area contributed by atoms with Gasteiger partial charge in [-0.1, -0.05) is 42.5 Å². The van der Waals surface area contributed by atoms with Crippen molar-refractivity contribution >= 4 is 5.91 Å². The first-order valence-electron chi connectivity index (χ1n) is 10.5. The standard InChI is InChI=1S/C24H32N2O3/c1-3-29-23-11-9-21(10-12-23)17-24(27)26(19-22-7-5-4-6-8-22)20(2)18-25-13-15-28-16-14-25/h4-12,20H,3,13-19H2,1-2H3. The van der Waals surface area contributed by atoms with Gasteiger partial charge in [-0.2, -0.15) is 0 Å². The summed E-state index contributed by atoms with van der Waals surface area (Å²) >= 11 is 0. The fourth-order valence-corrected chi connectivity index (χ4v) is 3.67. The molecule has 1 atom stereocenters. The molecule has 29 heavy (non-hydrogen) atoms. The van der Waals surface area contributed by atoms with Crippen molar-refractivity contribution in [3.8, 4) is 5.75 Å². The second-order valence-corrected chi connectivity index (χ2v) is 7.52. The zero-order valence-corrected chi connectivity index (χ0v) is 17.5. The third-order valence-corrected chi connectivity index (χ3v) is 5.26. The van der Waals surface area contributed by atoms with E-state index in [9.17, 15) is 4.79 Å². The van der Waals surface area contributed by atoms with Crippen LogP contribution in [0.2, 0.25) is 0 Å². The van der Waals surface area contributed by atoms with Gasteiger partial charge >= 0.3 is 0 Å². The molecule has 5 nitrogen and oxygen atoms in total. The number of ether oxygens (including phenoxy) is 2. The van der Waals surface area contributed by atoms with Crippen LogP contribution in [-0.4, -0.2) is 61.2 Å². The Balaban J connectivity index is 1.69. The third-order valence-electron chi connectivity index (χ3n) is 5.26. The largest absolute Gasteiger partial charge is 0.494 e. The maximum absolute atomic E-state index is 13.3. The first kappa shape index (κ1) is 21.3. The van der Waals surface area contributed by atoms with E-state index in [0.29, 0.717) is 19.6 Å². The van der Waals surface area contributed by atoms with Crippen LogP contribution >= 0.6 is 0 Å². The van der Waals surface area contributed by atoms with Crippen molar-refractivity contribution in [2.24, 2.45) is 0 Å². The average molecular weight is 397 g/mol. The molecule has 1 fully saturated rings. The van der Waals surface area contributed by atoms with Gasteiger partial charge in [-0.25, -0.2) is 0 Å². The summed E-state index contributed by atoms with van der Waals surface area (Å²) in [5.74, 6) is 0.990. The number of amides is 1. The lowest BCUT2D eigenvalue weighted by molar-refractivity contribution is -0.133. The second-order valence-electron chi connectivity index (χ2n) is 7.52. The van der Waals surface area contributed by atoms with Crippen molar-refractivity contribution in [3.63, 3.8) is 0 Å². The lowest BCUT2D eigenvalue weighted by atomic mass is 10.1. The molecule has 0 aliphatic carbocycles. The molecule has 1 unspecified atom stereocenters. The monoisotopic (exact) mass is 396 g/mol. The van der Waals surface area contributed by atoms with Crippen molar-refractivity contribution < 1.29 is 14.3 Å². The van der Waals surface area contributed by atoms with Crippen LogP contribution in [0.25, 0.3) is 0 Å². The normalized spacial score (nSPS) is 15.7. The number of morpholine rings is 1. The van der Waals surface area contributed by atoms with Gasteiger partial charge in [0.2, 0.25) is 5.91 Å². The number of rotatable bonds is 9. The maximum Gasteiger partial charge on any atom is 0.227 e. The minimum atomic E-state index is 0.128. The first-order valence-corrected chi connectivity index (χ1v) is 10.5. The van der Waals surface area contributed by atoms with E-state index in [4.69, 9.17) is 9.47 Å². The second kappa shape index (κ2) is 11.0. The Morgan fingerprint density at radius 2 is 1.76 bits per heavy atom. The van der Waals surface area contributed by atoms with Crippen LogP contribution in [0.1, 0.15) is 25.0 Å². The molecule has 0 radical (unpaired) electrons. The molecule has 1 saturated heterocycles. The molecule has 1 aliphatic rings. The maximum atomic E-state index is 13.3. The Kier molecular flexibility index (Phi) is 8.08. The topological polar surface area (TPSA) is 42.0 Å². The molecule has 1 heterocycles. The lowest BCUT2D eigenvalue weighted by Gasteiger charge is -2.35. The fraction of sp³-hybridized carbons (Fsp3) is 0.458. The summed E-state index contributed by atoms with van der Waals surface area (Å²) in [6.45, 7) is 9.64. The molecule has 2 aromatic rings. The van der Waals surface area contributed by atoms with Gasteiger partial charge in [-0.15, -0.1) is 0 Å². The highest BCUT2D eigenvalue weighted by Gasteiger charge is 2.23. The molecular formula is C24H32N2O3. The van der Waals surface area contributed by atoms with E-state index in [1.165, 1.54) is 0 Å². The van der Waals surface area contributed by atoms with Crippen LogP contribution < -0.4 is 4.74 Å². The Morgan fingerprint density at radius 1 is 1.07 bits per heavy atom. The summed E-state index contributed by atoms with van der Waals surface area (Å²) in [6, 6.07) is 18.2. The number of benzene rings is 2. The van der Waals surface area contributed by atoms with Gasteiger partial charge in [-0.3, -0.25) is 9.69 Å². The molecule has 5 heteroatoms.